The van der Waals surface area contributed by atoms with Crippen LogP contribution < -0.4 is 4.48 Å². The molecule has 5 heteroatoms. The molecule has 4 nitrogen and oxygen atoms in total. The number of benzene rings is 2. The van der Waals surface area contributed by atoms with E-state index in [0.717, 1.165) is 16.8 Å². The van der Waals surface area contributed by atoms with Crippen LogP contribution in [0.2, 0.25) is 5.02 Å². The molecule has 3 rings (SSSR count). The van der Waals surface area contributed by atoms with Crippen LogP contribution in [0.1, 0.15) is 0 Å². The normalized spacial score (nSPS) is 17.0. The lowest BCUT2D eigenvalue weighted by molar-refractivity contribution is -0.137. The van der Waals surface area contributed by atoms with E-state index >= 15 is 0 Å². The minimum absolute atomic E-state index is 0.138. The van der Waals surface area contributed by atoms with Gasteiger partial charge in [-0.05, 0) is 23.8 Å². The van der Waals surface area contributed by atoms with Crippen LogP contribution in [0, 0.1) is 0 Å². The molecule has 120 valence electrons. The van der Waals surface area contributed by atoms with Crippen molar-refractivity contribution in [3.05, 3.63) is 53.6 Å². The van der Waals surface area contributed by atoms with Crippen molar-refractivity contribution in [3.63, 3.8) is 0 Å². The minimum Gasteiger partial charge on any atom is -0.382 e. The maximum absolute atomic E-state index is 12.3. The number of halogens is 1. The van der Waals surface area contributed by atoms with Crippen LogP contribution >= 0.6 is 11.6 Å². The second-order valence-electron chi connectivity index (χ2n) is 5.61. The van der Waals surface area contributed by atoms with Gasteiger partial charge in [0.1, 0.15) is 18.8 Å². The molecule has 0 aliphatic carbocycles. The van der Waals surface area contributed by atoms with Crippen molar-refractivity contribution in [2.45, 2.75) is 0 Å². The monoisotopic (exact) mass is 332 g/mol. The molecular formula is C18H19ClNO3+. The molecule has 1 heterocycles. The molecule has 1 amide bonds. The maximum atomic E-state index is 12.3. The summed E-state index contributed by atoms with van der Waals surface area (Å²) in [5.41, 5.74) is 2.84. The second-order valence-corrected chi connectivity index (χ2v) is 6.01. The van der Waals surface area contributed by atoms with E-state index in [9.17, 15) is 9.90 Å². The number of amides is 1. The summed E-state index contributed by atoms with van der Waals surface area (Å²) in [4.78, 5) is 12.3. The number of ether oxygens (including phenoxy) is 1. The summed E-state index contributed by atoms with van der Waals surface area (Å²) >= 11 is 6.24. The van der Waals surface area contributed by atoms with Crippen LogP contribution in [0.25, 0.3) is 11.1 Å². The number of quaternary nitrogens is 1. The molecule has 23 heavy (non-hydrogen) atoms. The zero-order valence-electron chi connectivity index (χ0n) is 12.7. The van der Waals surface area contributed by atoms with Crippen LogP contribution in [0.5, 0.6) is 0 Å². The number of aliphatic hydroxyl groups is 1. The molecule has 2 aromatic carbocycles. The van der Waals surface area contributed by atoms with E-state index in [-0.39, 0.29) is 10.4 Å². The van der Waals surface area contributed by atoms with E-state index in [1.807, 2.05) is 48.5 Å². The molecule has 1 saturated heterocycles. The van der Waals surface area contributed by atoms with Gasteiger partial charge in [0, 0.05) is 22.7 Å². The van der Waals surface area contributed by atoms with Crippen LogP contribution in [-0.2, 0) is 9.53 Å². The van der Waals surface area contributed by atoms with Crippen molar-refractivity contribution in [3.8, 4) is 11.1 Å². The zero-order valence-corrected chi connectivity index (χ0v) is 13.5. The largest absolute Gasteiger partial charge is 0.382 e. The third-order valence-corrected chi connectivity index (χ3v) is 4.72. The summed E-state index contributed by atoms with van der Waals surface area (Å²) in [5.74, 6) is -0.196. The quantitative estimate of drug-likeness (QED) is 0.879. The van der Waals surface area contributed by atoms with Crippen LogP contribution in [0.4, 0.5) is 5.69 Å². The lowest BCUT2D eigenvalue weighted by atomic mass is 10.0. The number of aliphatic hydroxyl groups excluding tert-OH is 1. The molecule has 1 aliphatic heterocycles. The number of hydrogen-bond donors (Lipinski definition) is 1. The average molecular weight is 333 g/mol. The highest BCUT2D eigenvalue weighted by Gasteiger charge is 2.40. The Morgan fingerprint density at radius 3 is 2.35 bits per heavy atom. The first-order chi connectivity index (χ1) is 11.2. The molecule has 2 aromatic rings. The van der Waals surface area contributed by atoms with E-state index in [1.54, 1.807) is 0 Å². The lowest BCUT2D eigenvalue weighted by Crippen LogP contribution is -2.61. The van der Waals surface area contributed by atoms with Crippen molar-refractivity contribution in [2.75, 3.05) is 32.9 Å². The van der Waals surface area contributed by atoms with Crippen LogP contribution in [-0.4, -0.2) is 43.9 Å². The fourth-order valence-electron chi connectivity index (χ4n) is 3.06. The van der Waals surface area contributed by atoms with Crippen LogP contribution in [0.15, 0.2) is 48.5 Å². The number of hydrogen-bond acceptors (Lipinski definition) is 3. The summed E-state index contributed by atoms with van der Waals surface area (Å²) in [6, 6.07) is 15.5. The highest BCUT2D eigenvalue weighted by Crippen LogP contribution is 2.31. The van der Waals surface area contributed by atoms with Crippen LogP contribution in [0.3, 0.4) is 0 Å². The van der Waals surface area contributed by atoms with E-state index in [2.05, 4.69) is 0 Å². The smallest absolute Gasteiger partial charge is 0.344 e. The van der Waals surface area contributed by atoms with Gasteiger partial charge in [0.05, 0.1) is 13.2 Å². The summed E-state index contributed by atoms with van der Waals surface area (Å²) < 4.78 is 5.52. The summed E-state index contributed by atoms with van der Waals surface area (Å²) in [5, 5.41) is 10.1. The lowest BCUT2D eigenvalue weighted by Gasteiger charge is -2.37. The van der Waals surface area contributed by atoms with Gasteiger partial charge in [-0.3, -0.25) is 0 Å². The molecule has 0 saturated carbocycles. The Hall–Kier alpha value is -1.72. The highest BCUT2D eigenvalue weighted by molar-refractivity contribution is 6.33. The Balaban J connectivity index is 1.97. The van der Waals surface area contributed by atoms with Gasteiger partial charge < -0.3 is 9.84 Å². The SMILES string of the molecule is O=C(CO)[N+]1(c2ccc(-c3ccccc3Cl)cc2)CCOCC1. The van der Waals surface area contributed by atoms with E-state index in [1.165, 1.54) is 0 Å². The minimum atomic E-state index is -0.466. The fourth-order valence-corrected chi connectivity index (χ4v) is 3.31. The van der Waals surface area contributed by atoms with Crippen molar-refractivity contribution in [2.24, 2.45) is 0 Å². The third kappa shape index (κ3) is 3.03. The molecule has 0 spiro atoms. The average Bonchev–Trinajstić information content (AvgIpc) is 2.62. The Kier molecular flexibility index (Phi) is 4.78. The Morgan fingerprint density at radius 2 is 1.74 bits per heavy atom. The Labute approximate surface area is 140 Å². The highest BCUT2D eigenvalue weighted by atomic mass is 35.5. The summed E-state index contributed by atoms with van der Waals surface area (Å²) in [7, 11) is 0. The number of rotatable bonds is 3. The van der Waals surface area contributed by atoms with Gasteiger partial charge in [0.2, 0.25) is 0 Å². The molecule has 0 bridgehead atoms. The molecule has 1 fully saturated rings. The molecule has 1 aliphatic rings. The molecule has 1 N–H and O–H groups in total. The van der Waals surface area contributed by atoms with Gasteiger partial charge in [-0.25, -0.2) is 9.28 Å². The van der Waals surface area contributed by atoms with Gasteiger partial charge in [-0.2, -0.15) is 0 Å². The predicted molar refractivity (Wildman–Crippen MR) is 91.3 cm³/mol. The van der Waals surface area contributed by atoms with E-state index < -0.39 is 6.61 Å². The fraction of sp³-hybridized carbons (Fsp3) is 0.278. The van der Waals surface area contributed by atoms with Crippen molar-refractivity contribution >= 4 is 23.2 Å². The predicted octanol–water partition coefficient (Wildman–Crippen LogP) is 2.86. The van der Waals surface area contributed by atoms with Crippen molar-refractivity contribution in [1.29, 1.82) is 0 Å². The van der Waals surface area contributed by atoms with Crippen molar-refractivity contribution in [1.82, 2.24) is 4.48 Å². The van der Waals surface area contributed by atoms with Gasteiger partial charge in [-0.1, -0.05) is 29.8 Å². The molecule has 0 aromatic heterocycles. The molecule has 0 unspecified atom stereocenters. The maximum Gasteiger partial charge on any atom is 0.344 e. The molecular weight excluding hydrogens is 314 g/mol. The van der Waals surface area contributed by atoms with Gasteiger partial charge in [0.25, 0.3) is 0 Å². The Morgan fingerprint density at radius 1 is 1.09 bits per heavy atom. The topological polar surface area (TPSA) is 46.5 Å². The van der Waals surface area contributed by atoms with Gasteiger partial charge in [-0.15, -0.1) is 0 Å². The number of carbonyl (C=O) groups is 1. The van der Waals surface area contributed by atoms with E-state index in [4.69, 9.17) is 16.3 Å². The first-order valence-electron chi connectivity index (χ1n) is 7.62. The second kappa shape index (κ2) is 6.81. The Bertz CT molecular complexity index is 694. The number of nitrogens with zero attached hydrogens (tertiary/aromatic N) is 1. The van der Waals surface area contributed by atoms with E-state index in [0.29, 0.717) is 31.3 Å². The standard InChI is InChI=1S/C18H19ClNO3/c19-17-4-2-1-3-16(17)14-5-7-15(8-6-14)20(18(22)13-21)9-11-23-12-10-20/h1-8,21H,9-13H2/q+1. The first kappa shape index (κ1) is 16.1. The molecule has 0 atom stereocenters. The molecule has 0 radical (unpaired) electrons. The van der Waals surface area contributed by atoms with Gasteiger partial charge >= 0.3 is 5.91 Å². The summed E-state index contributed by atoms with van der Waals surface area (Å²) in [6.07, 6.45) is 0. The van der Waals surface area contributed by atoms with Gasteiger partial charge in [0.15, 0.2) is 6.61 Å². The number of carbonyl (C=O) groups excluding carboxylic acids is 1. The van der Waals surface area contributed by atoms with Crippen molar-refractivity contribution < 1.29 is 14.6 Å². The number of morpholine rings is 1. The zero-order chi connectivity index (χ0) is 16.3. The summed E-state index contributed by atoms with van der Waals surface area (Å²) in [6.45, 7) is 1.65. The first-order valence-corrected chi connectivity index (χ1v) is 8.00. The third-order valence-electron chi connectivity index (χ3n) is 4.39.